The highest BCUT2D eigenvalue weighted by atomic mass is 16.4. The average Bonchev–Trinajstić information content (AvgIpc) is 2.27. The van der Waals surface area contributed by atoms with Gasteiger partial charge in [-0.25, -0.2) is 4.79 Å². The van der Waals surface area contributed by atoms with Crippen LogP contribution < -0.4 is 10.6 Å². The van der Waals surface area contributed by atoms with E-state index in [1.165, 1.54) is 0 Å². The number of amides is 2. The minimum absolute atomic E-state index is 0.176. The van der Waals surface area contributed by atoms with Crippen LogP contribution in [-0.2, 0) is 4.79 Å². The second kappa shape index (κ2) is 9.52. The van der Waals surface area contributed by atoms with E-state index in [0.717, 1.165) is 6.42 Å². The van der Waals surface area contributed by atoms with E-state index in [9.17, 15) is 9.59 Å². The van der Waals surface area contributed by atoms with Crippen molar-refractivity contribution in [3.63, 3.8) is 0 Å². The van der Waals surface area contributed by atoms with Gasteiger partial charge >= 0.3 is 12.0 Å². The smallest absolute Gasteiger partial charge is 0.314 e. The highest BCUT2D eigenvalue weighted by Gasteiger charge is 2.06. The summed E-state index contributed by atoms with van der Waals surface area (Å²) in [5, 5.41) is 13.8. The van der Waals surface area contributed by atoms with Gasteiger partial charge in [0.2, 0.25) is 0 Å². The van der Waals surface area contributed by atoms with Crippen LogP contribution in [-0.4, -0.2) is 30.2 Å². The first-order valence-electron chi connectivity index (χ1n) is 5.73. The van der Waals surface area contributed by atoms with Gasteiger partial charge in [0.1, 0.15) is 0 Å². The number of terminal acetylenes is 1. The van der Waals surface area contributed by atoms with Gasteiger partial charge in [0.05, 0.1) is 0 Å². The van der Waals surface area contributed by atoms with E-state index in [1.807, 2.05) is 6.92 Å². The zero-order valence-electron chi connectivity index (χ0n) is 10.2. The fourth-order valence-electron chi connectivity index (χ4n) is 1.26. The van der Waals surface area contributed by atoms with Gasteiger partial charge in [-0.1, -0.05) is 6.92 Å². The lowest BCUT2D eigenvalue weighted by Crippen LogP contribution is -2.36. The molecular weight excluding hydrogens is 220 g/mol. The molecule has 0 aliphatic heterocycles. The van der Waals surface area contributed by atoms with Crippen LogP contribution in [0.3, 0.4) is 0 Å². The Hall–Kier alpha value is -1.70. The van der Waals surface area contributed by atoms with Gasteiger partial charge in [0, 0.05) is 25.9 Å². The van der Waals surface area contributed by atoms with Crippen LogP contribution >= 0.6 is 0 Å². The van der Waals surface area contributed by atoms with Crippen LogP contribution in [0, 0.1) is 18.3 Å². The zero-order valence-corrected chi connectivity index (χ0v) is 10.2. The molecule has 2 amide bonds. The lowest BCUT2D eigenvalue weighted by molar-refractivity contribution is -0.137. The molecule has 0 saturated carbocycles. The second-order valence-electron chi connectivity index (χ2n) is 3.96. The topological polar surface area (TPSA) is 78.4 Å². The number of urea groups is 1. The lowest BCUT2D eigenvalue weighted by Gasteiger charge is -2.11. The maximum atomic E-state index is 11.2. The molecule has 0 aliphatic carbocycles. The van der Waals surface area contributed by atoms with Crippen LogP contribution in [0.2, 0.25) is 0 Å². The molecule has 1 atom stereocenters. The fraction of sp³-hybridized carbons (Fsp3) is 0.667. The molecule has 3 N–H and O–H groups in total. The summed E-state index contributed by atoms with van der Waals surface area (Å²) >= 11 is 0. The van der Waals surface area contributed by atoms with Crippen molar-refractivity contribution in [2.75, 3.05) is 13.1 Å². The third kappa shape index (κ3) is 10.6. The number of carbonyl (C=O) groups excluding carboxylic acids is 1. The molecule has 0 bridgehead atoms. The second-order valence-corrected chi connectivity index (χ2v) is 3.96. The van der Waals surface area contributed by atoms with Crippen LogP contribution in [0.25, 0.3) is 0 Å². The molecule has 5 nitrogen and oxygen atoms in total. The Balaban J connectivity index is 3.46. The average molecular weight is 240 g/mol. The number of carboxylic acid groups (broad SMARTS) is 1. The third-order valence-electron chi connectivity index (χ3n) is 2.33. The van der Waals surface area contributed by atoms with Crippen molar-refractivity contribution in [3.8, 4) is 12.3 Å². The van der Waals surface area contributed by atoms with Gasteiger partial charge in [-0.05, 0) is 18.8 Å². The predicted octanol–water partition coefficient (Wildman–Crippen LogP) is 1.20. The highest BCUT2D eigenvalue weighted by Crippen LogP contribution is 2.08. The largest absolute Gasteiger partial charge is 0.481 e. The number of aliphatic carboxylic acids is 1. The van der Waals surface area contributed by atoms with E-state index in [1.54, 1.807) is 0 Å². The highest BCUT2D eigenvalue weighted by molar-refractivity contribution is 5.73. The first kappa shape index (κ1) is 15.3. The Morgan fingerprint density at radius 3 is 2.53 bits per heavy atom. The molecule has 0 heterocycles. The first-order chi connectivity index (χ1) is 8.06. The van der Waals surface area contributed by atoms with Crippen LogP contribution in [0.4, 0.5) is 4.79 Å². The minimum atomic E-state index is -0.781. The third-order valence-corrected chi connectivity index (χ3v) is 2.33. The van der Waals surface area contributed by atoms with Crippen molar-refractivity contribution in [2.45, 2.75) is 32.6 Å². The van der Waals surface area contributed by atoms with E-state index in [4.69, 9.17) is 11.5 Å². The molecule has 0 spiro atoms. The maximum absolute atomic E-state index is 11.2. The molecule has 96 valence electrons. The van der Waals surface area contributed by atoms with E-state index in [2.05, 4.69) is 16.6 Å². The normalized spacial score (nSPS) is 11.3. The van der Waals surface area contributed by atoms with Crippen molar-refractivity contribution >= 4 is 12.0 Å². The Morgan fingerprint density at radius 1 is 1.29 bits per heavy atom. The number of carboxylic acids is 1. The predicted molar refractivity (Wildman–Crippen MR) is 65.5 cm³/mol. The number of hydrogen-bond acceptors (Lipinski definition) is 2. The fourth-order valence-corrected chi connectivity index (χ4v) is 1.26. The Labute approximate surface area is 102 Å². The minimum Gasteiger partial charge on any atom is -0.481 e. The quantitative estimate of drug-likeness (QED) is 0.440. The van der Waals surface area contributed by atoms with Gasteiger partial charge in [0.15, 0.2) is 0 Å². The summed E-state index contributed by atoms with van der Waals surface area (Å²) in [6.45, 7) is 2.99. The van der Waals surface area contributed by atoms with Gasteiger partial charge in [-0.3, -0.25) is 4.79 Å². The van der Waals surface area contributed by atoms with Crippen LogP contribution in [0.1, 0.15) is 32.6 Å². The SMILES string of the molecule is C#CCCNC(=O)NCCC(C)CCC(=O)O. The Morgan fingerprint density at radius 2 is 1.94 bits per heavy atom. The lowest BCUT2D eigenvalue weighted by atomic mass is 10.0. The van der Waals surface area contributed by atoms with E-state index in [-0.39, 0.29) is 18.4 Å². The van der Waals surface area contributed by atoms with E-state index in [0.29, 0.717) is 25.9 Å². The first-order valence-corrected chi connectivity index (χ1v) is 5.73. The molecule has 0 saturated heterocycles. The van der Waals surface area contributed by atoms with Gasteiger partial charge < -0.3 is 15.7 Å². The Bertz CT molecular complexity index is 284. The molecule has 0 radical (unpaired) electrons. The summed E-state index contributed by atoms with van der Waals surface area (Å²) in [4.78, 5) is 21.5. The number of hydrogen-bond donors (Lipinski definition) is 3. The summed E-state index contributed by atoms with van der Waals surface area (Å²) in [5.41, 5.74) is 0. The summed E-state index contributed by atoms with van der Waals surface area (Å²) < 4.78 is 0. The maximum Gasteiger partial charge on any atom is 0.314 e. The molecule has 0 fully saturated rings. The van der Waals surface area contributed by atoms with Crippen molar-refractivity contribution in [1.82, 2.24) is 10.6 Å². The van der Waals surface area contributed by atoms with Crippen LogP contribution in [0.15, 0.2) is 0 Å². The van der Waals surface area contributed by atoms with Crippen molar-refractivity contribution < 1.29 is 14.7 Å². The molecule has 5 heteroatoms. The molecule has 0 aromatic carbocycles. The summed E-state index contributed by atoms with van der Waals surface area (Å²) in [6, 6.07) is -0.231. The monoisotopic (exact) mass is 240 g/mol. The number of rotatable bonds is 8. The van der Waals surface area contributed by atoms with Crippen molar-refractivity contribution in [1.29, 1.82) is 0 Å². The standard InChI is InChI=1S/C12H20N2O3/c1-3-4-8-13-12(17)14-9-7-10(2)5-6-11(15)16/h1,10H,4-9H2,2H3,(H,15,16)(H2,13,14,17). The molecule has 0 aromatic heterocycles. The summed E-state index contributed by atoms with van der Waals surface area (Å²) in [6.07, 6.45) is 7.14. The molecule has 0 aromatic rings. The Kier molecular flexibility index (Phi) is 8.57. The molecule has 0 aliphatic rings. The molecular formula is C12H20N2O3. The van der Waals surface area contributed by atoms with Gasteiger partial charge in [-0.15, -0.1) is 12.3 Å². The van der Waals surface area contributed by atoms with Crippen molar-refractivity contribution in [2.24, 2.45) is 5.92 Å². The summed E-state index contributed by atoms with van der Waals surface area (Å²) in [7, 11) is 0. The van der Waals surface area contributed by atoms with E-state index >= 15 is 0 Å². The molecule has 1 unspecified atom stereocenters. The molecule has 0 rings (SSSR count). The summed E-state index contributed by atoms with van der Waals surface area (Å²) in [5.74, 6) is 1.93. The van der Waals surface area contributed by atoms with Crippen molar-refractivity contribution in [3.05, 3.63) is 0 Å². The van der Waals surface area contributed by atoms with Gasteiger partial charge in [-0.2, -0.15) is 0 Å². The molecule has 17 heavy (non-hydrogen) atoms. The number of nitrogens with one attached hydrogen (secondary N) is 2. The number of carbonyl (C=O) groups is 2. The van der Waals surface area contributed by atoms with Crippen LogP contribution in [0.5, 0.6) is 0 Å². The zero-order chi connectivity index (χ0) is 13.1. The van der Waals surface area contributed by atoms with Gasteiger partial charge in [0.25, 0.3) is 0 Å². The van der Waals surface area contributed by atoms with E-state index < -0.39 is 5.97 Å².